The van der Waals surface area contributed by atoms with E-state index in [2.05, 4.69) is 50.3 Å². The van der Waals surface area contributed by atoms with Crippen LogP contribution in [0.4, 0.5) is 0 Å². The van der Waals surface area contributed by atoms with Crippen molar-refractivity contribution in [3.8, 4) is 0 Å². The van der Waals surface area contributed by atoms with Gasteiger partial charge in [0.2, 0.25) is 0 Å². The molecule has 0 aromatic heterocycles. The maximum absolute atomic E-state index is 12.7. The number of phosphoric acid groups is 1. The first kappa shape index (κ1) is 55.7. The first-order valence-electron chi connectivity index (χ1n) is 23.7. The van der Waals surface area contributed by atoms with Crippen LogP contribution in [-0.2, 0) is 27.9 Å². The number of rotatable bonds is 44. The van der Waals surface area contributed by atoms with Gasteiger partial charge in [0, 0.05) is 13.0 Å². The predicted octanol–water partition coefficient (Wildman–Crippen LogP) is 14.2. The summed E-state index contributed by atoms with van der Waals surface area (Å²) in [5, 5.41) is 0. The summed E-state index contributed by atoms with van der Waals surface area (Å²) in [5.74, 6) is -0.319. The SMILES string of the molecule is CCC/C=C\C/C=C\CCCCCCCCOCC(COP(=O)(O)OCC[N+](C)(C)C)OC(=O)CCCCCCCCCCC/C=C\CCCCCCCCCC. The Bertz CT molecular complexity index is 1010. The molecule has 0 bridgehead atoms. The number of unbranched alkanes of at least 4 members (excludes halogenated alkanes) is 24. The third kappa shape index (κ3) is 45.7. The zero-order valence-electron chi connectivity index (χ0n) is 38.1. The molecule has 57 heavy (non-hydrogen) atoms. The van der Waals surface area contributed by atoms with Crippen molar-refractivity contribution >= 4 is 13.8 Å². The monoisotopic (exact) mass is 827 g/mol. The van der Waals surface area contributed by atoms with Crippen LogP contribution in [0, 0.1) is 0 Å². The van der Waals surface area contributed by atoms with Crippen molar-refractivity contribution < 1.29 is 37.3 Å². The van der Waals surface area contributed by atoms with Crippen molar-refractivity contribution in [2.75, 3.05) is 54.1 Å². The molecule has 0 saturated carbocycles. The van der Waals surface area contributed by atoms with E-state index in [1.165, 1.54) is 141 Å². The lowest BCUT2D eigenvalue weighted by Crippen LogP contribution is -2.37. The third-order valence-corrected chi connectivity index (χ3v) is 11.1. The predicted molar refractivity (Wildman–Crippen MR) is 243 cm³/mol. The topological polar surface area (TPSA) is 91.3 Å². The lowest BCUT2D eigenvalue weighted by molar-refractivity contribution is -0.870. The summed E-state index contributed by atoms with van der Waals surface area (Å²) in [6, 6.07) is 0. The van der Waals surface area contributed by atoms with Gasteiger partial charge in [-0.05, 0) is 64.2 Å². The fourth-order valence-corrected chi connectivity index (χ4v) is 7.21. The molecule has 0 aromatic carbocycles. The average Bonchev–Trinajstić information content (AvgIpc) is 3.16. The van der Waals surface area contributed by atoms with Gasteiger partial charge in [-0.3, -0.25) is 13.8 Å². The Morgan fingerprint density at radius 3 is 1.51 bits per heavy atom. The number of likely N-dealkylation sites (N-methyl/N-ethyl adjacent to an activating group) is 1. The minimum atomic E-state index is -4.28. The molecular formula is C48H93NO7P+. The molecule has 0 aliphatic heterocycles. The van der Waals surface area contributed by atoms with Crippen LogP contribution < -0.4 is 0 Å². The highest BCUT2D eigenvalue weighted by atomic mass is 31.2. The normalized spacial score (nSPS) is 14.0. The number of carbonyl (C=O) groups excluding carboxylic acids is 1. The Morgan fingerprint density at radius 2 is 1.00 bits per heavy atom. The number of carbonyl (C=O) groups is 1. The van der Waals surface area contributed by atoms with E-state index in [1.54, 1.807) is 0 Å². The number of hydrogen-bond donors (Lipinski definition) is 1. The van der Waals surface area contributed by atoms with Crippen LogP contribution >= 0.6 is 7.82 Å². The van der Waals surface area contributed by atoms with Crippen LogP contribution in [0.2, 0.25) is 0 Å². The highest BCUT2D eigenvalue weighted by Gasteiger charge is 2.26. The van der Waals surface area contributed by atoms with Crippen LogP contribution in [0.5, 0.6) is 0 Å². The fraction of sp³-hybridized carbons (Fsp3) is 0.854. The first-order chi connectivity index (χ1) is 27.6. The van der Waals surface area contributed by atoms with Crippen molar-refractivity contribution in [1.29, 1.82) is 0 Å². The molecule has 0 radical (unpaired) electrons. The number of ether oxygens (including phenoxy) is 2. The smallest absolute Gasteiger partial charge is 0.457 e. The largest absolute Gasteiger partial charge is 0.472 e. The minimum Gasteiger partial charge on any atom is -0.457 e. The van der Waals surface area contributed by atoms with E-state index in [9.17, 15) is 14.3 Å². The van der Waals surface area contributed by atoms with Gasteiger partial charge in [-0.25, -0.2) is 4.57 Å². The van der Waals surface area contributed by atoms with Gasteiger partial charge in [0.1, 0.15) is 19.3 Å². The molecule has 336 valence electrons. The van der Waals surface area contributed by atoms with Gasteiger partial charge in [-0.1, -0.05) is 172 Å². The molecule has 0 saturated heterocycles. The highest BCUT2D eigenvalue weighted by Crippen LogP contribution is 2.43. The Kier molecular flexibility index (Phi) is 40.5. The molecule has 2 unspecified atom stereocenters. The van der Waals surface area contributed by atoms with Crippen molar-refractivity contribution in [2.45, 2.75) is 213 Å². The van der Waals surface area contributed by atoms with E-state index in [1.807, 2.05) is 21.1 Å². The molecule has 0 amide bonds. The first-order valence-corrected chi connectivity index (χ1v) is 25.2. The Morgan fingerprint density at radius 1 is 0.544 bits per heavy atom. The molecule has 8 nitrogen and oxygen atoms in total. The van der Waals surface area contributed by atoms with Crippen molar-refractivity contribution in [1.82, 2.24) is 0 Å². The molecule has 2 atom stereocenters. The van der Waals surface area contributed by atoms with Crippen molar-refractivity contribution in [3.05, 3.63) is 36.5 Å². The molecule has 9 heteroatoms. The maximum atomic E-state index is 12.7. The van der Waals surface area contributed by atoms with E-state index in [4.69, 9.17) is 18.5 Å². The number of quaternary nitrogens is 1. The van der Waals surface area contributed by atoms with Crippen molar-refractivity contribution in [2.24, 2.45) is 0 Å². The zero-order valence-corrected chi connectivity index (χ0v) is 39.0. The quantitative estimate of drug-likeness (QED) is 0.0215. The number of nitrogens with zero attached hydrogens (tertiary/aromatic N) is 1. The standard InChI is InChI=1S/C48H92NO7P/c1-6-8-10-12-14-16-18-20-22-23-24-25-26-27-28-29-31-33-35-37-39-41-48(50)56-47(46-55-57(51,52)54-44-42-49(3,4)5)45-53-43-40-38-36-34-32-30-21-19-17-15-13-11-9-7-2/h11,13,17,19,23-24,47H,6-10,12,14-16,18,20-22,25-46H2,1-5H3/p+1/b13-11-,19-17-,24-23-. The second-order valence-electron chi connectivity index (χ2n) is 17.1. The van der Waals surface area contributed by atoms with Gasteiger partial charge in [-0.15, -0.1) is 0 Å². The van der Waals surface area contributed by atoms with Crippen LogP contribution in [-0.4, -0.2) is 75.6 Å². The van der Waals surface area contributed by atoms with Gasteiger partial charge >= 0.3 is 13.8 Å². The van der Waals surface area contributed by atoms with Gasteiger partial charge in [-0.2, -0.15) is 0 Å². The molecule has 1 N–H and O–H groups in total. The number of phosphoric ester groups is 1. The van der Waals surface area contributed by atoms with Crippen LogP contribution in [0.25, 0.3) is 0 Å². The Balaban J connectivity index is 4.16. The summed E-state index contributed by atoms with van der Waals surface area (Å²) in [6.45, 7) is 5.55. The molecule has 0 heterocycles. The summed E-state index contributed by atoms with van der Waals surface area (Å²) in [5.41, 5.74) is 0. The fourth-order valence-electron chi connectivity index (χ4n) is 6.47. The van der Waals surface area contributed by atoms with Crippen LogP contribution in [0.15, 0.2) is 36.5 Å². The van der Waals surface area contributed by atoms with Gasteiger partial charge in [0.05, 0.1) is 34.4 Å². The van der Waals surface area contributed by atoms with Gasteiger partial charge in [0.25, 0.3) is 0 Å². The lowest BCUT2D eigenvalue weighted by atomic mass is 10.1. The van der Waals surface area contributed by atoms with E-state index in [-0.39, 0.29) is 25.8 Å². The molecule has 0 aromatic rings. The molecule has 0 aliphatic rings. The maximum Gasteiger partial charge on any atom is 0.472 e. The van der Waals surface area contributed by atoms with E-state index >= 15 is 0 Å². The molecule has 0 aliphatic carbocycles. The highest BCUT2D eigenvalue weighted by molar-refractivity contribution is 7.47. The van der Waals surface area contributed by atoms with E-state index < -0.39 is 13.9 Å². The van der Waals surface area contributed by atoms with Crippen LogP contribution in [0.1, 0.15) is 206 Å². The summed E-state index contributed by atoms with van der Waals surface area (Å²) in [7, 11) is 1.66. The summed E-state index contributed by atoms with van der Waals surface area (Å²) in [6.07, 6.45) is 48.9. The second-order valence-corrected chi connectivity index (χ2v) is 18.6. The summed E-state index contributed by atoms with van der Waals surface area (Å²) in [4.78, 5) is 22.9. The second kappa shape index (κ2) is 41.5. The minimum absolute atomic E-state index is 0.0860. The number of allylic oxidation sites excluding steroid dienone is 6. The molecule has 0 rings (SSSR count). The van der Waals surface area contributed by atoms with Gasteiger partial charge in [0.15, 0.2) is 0 Å². The van der Waals surface area contributed by atoms with Gasteiger partial charge < -0.3 is 18.9 Å². The summed E-state index contributed by atoms with van der Waals surface area (Å²) < 4.78 is 35.0. The average molecular weight is 827 g/mol. The molecule has 0 fully saturated rings. The van der Waals surface area contributed by atoms with Crippen molar-refractivity contribution in [3.63, 3.8) is 0 Å². The summed E-state index contributed by atoms with van der Waals surface area (Å²) >= 11 is 0. The zero-order chi connectivity index (χ0) is 42.0. The molecular weight excluding hydrogens is 734 g/mol. The lowest BCUT2D eigenvalue weighted by Gasteiger charge is -2.24. The Hall–Kier alpha value is -1.28. The molecule has 0 spiro atoms. The Labute approximate surface area is 353 Å². The van der Waals surface area contributed by atoms with E-state index in [0.717, 1.165) is 44.9 Å². The van der Waals surface area contributed by atoms with Crippen LogP contribution in [0.3, 0.4) is 0 Å². The number of hydrogen-bond acceptors (Lipinski definition) is 6. The number of esters is 1. The van der Waals surface area contributed by atoms with E-state index in [0.29, 0.717) is 24.1 Å². The third-order valence-electron chi connectivity index (χ3n) is 10.2.